The van der Waals surface area contributed by atoms with Gasteiger partial charge in [0.15, 0.2) is 0 Å². The molecule has 2 N–H and O–H groups in total. The van der Waals surface area contributed by atoms with E-state index in [-0.39, 0.29) is 12.5 Å². The first-order valence-corrected chi connectivity index (χ1v) is 7.36. The number of ether oxygens (including phenoxy) is 1. The van der Waals surface area contributed by atoms with E-state index in [1.807, 2.05) is 18.2 Å². The second kappa shape index (κ2) is 8.46. The zero-order valence-electron chi connectivity index (χ0n) is 12.1. The Kier molecular flexibility index (Phi) is 6.26. The lowest BCUT2D eigenvalue weighted by Crippen LogP contribution is -2.32. The SMILES string of the molecule is O=C(NCC1CCOCC1)c1ccccc1C#CCCO. The molecular weight excluding hydrogens is 266 g/mol. The number of rotatable bonds is 4. The minimum absolute atomic E-state index is 0.0329. The smallest absolute Gasteiger partial charge is 0.252 e. The van der Waals surface area contributed by atoms with Gasteiger partial charge in [0, 0.05) is 31.7 Å². The Balaban J connectivity index is 1.96. The van der Waals surface area contributed by atoms with E-state index in [0.717, 1.165) is 26.1 Å². The average molecular weight is 287 g/mol. The van der Waals surface area contributed by atoms with E-state index in [0.29, 0.717) is 30.0 Å². The highest BCUT2D eigenvalue weighted by molar-refractivity contribution is 5.96. The highest BCUT2D eigenvalue weighted by atomic mass is 16.5. The summed E-state index contributed by atoms with van der Waals surface area (Å²) in [7, 11) is 0. The van der Waals surface area contributed by atoms with Gasteiger partial charge in [-0.25, -0.2) is 0 Å². The number of hydrogen-bond acceptors (Lipinski definition) is 3. The fourth-order valence-electron chi connectivity index (χ4n) is 2.29. The van der Waals surface area contributed by atoms with E-state index >= 15 is 0 Å². The highest BCUT2D eigenvalue weighted by Gasteiger charge is 2.16. The van der Waals surface area contributed by atoms with Crippen LogP contribution in [0.5, 0.6) is 0 Å². The standard InChI is InChI=1S/C17H21NO3/c19-10-4-3-6-15-5-1-2-7-16(15)17(20)18-13-14-8-11-21-12-9-14/h1-2,5,7,14,19H,4,8-13H2,(H,18,20). The molecule has 0 saturated carbocycles. The molecule has 0 aromatic heterocycles. The maximum atomic E-state index is 12.3. The largest absolute Gasteiger partial charge is 0.395 e. The second-order valence-electron chi connectivity index (χ2n) is 5.09. The molecule has 1 saturated heterocycles. The third-order valence-electron chi connectivity index (χ3n) is 3.52. The lowest BCUT2D eigenvalue weighted by molar-refractivity contribution is 0.0642. The molecule has 2 rings (SSSR count). The molecule has 112 valence electrons. The molecule has 1 aromatic carbocycles. The molecule has 0 spiro atoms. The fraction of sp³-hybridized carbons (Fsp3) is 0.471. The molecular formula is C17H21NO3. The van der Waals surface area contributed by atoms with Crippen LogP contribution < -0.4 is 5.32 Å². The quantitative estimate of drug-likeness (QED) is 0.827. The van der Waals surface area contributed by atoms with Crippen LogP contribution in [0.2, 0.25) is 0 Å². The summed E-state index contributed by atoms with van der Waals surface area (Å²) < 4.78 is 5.31. The van der Waals surface area contributed by atoms with Gasteiger partial charge in [-0.1, -0.05) is 24.0 Å². The number of nitrogens with one attached hydrogen (secondary N) is 1. The van der Waals surface area contributed by atoms with Crippen molar-refractivity contribution in [2.45, 2.75) is 19.3 Å². The Morgan fingerprint density at radius 1 is 1.33 bits per heavy atom. The van der Waals surface area contributed by atoms with Crippen LogP contribution in [0.4, 0.5) is 0 Å². The molecule has 0 unspecified atom stereocenters. The van der Waals surface area contributed by atoms with Crippen LogP contribution in [0.15, 0.2) is 24.3 Å². The first-order chi connectivity index (χ1) is 10.3. The van der Waals surface area contributed by atoms with Crippen LogP contribution in [-0.2, 0) is 4.74 Å². The number of benzene rings is 1. The minimum Gasteiger partial charge on any atom is -0.395 e. The van der Waals surface area contributed by atoms with Crippen LogP contribution in [0.25, 0.3) is 0 Å². The molecule has 1 aromatic rings. The molecule has 1 aliphatic rings. The highest BCUT2D eigenvalue weighted by Crippen LogP contribution is 2.14. The predicted molar refractivity (Wildman–Crippen MR) is 80.9 cm³/mol. The normalized spacial score (nSPS) is 15.1. The van der Waals surface area contributed by atoms with Gasteiger partial charge in [-0.15, -0.1) is 0 Å². The van der Waals surface area contributed by atoms with Gasteiger partial charge >= 0.3 is 0 Å². The molecule has 0 bridgehead atoms. The van der Waals surface area contributed by atoms with Crippen LogP contribution in [-0.4, -0.2) is 37.4 Å². The van der Waals surface area contributed by atoms with Crippen molar-refractivity contribution in [1.29, 1.82) is 0 Å². The van der Waals surface area contributed by atoms with Gasteiger partial charge in [0.05, 0.1) is 12.2 Å². The van der Waals surface area contributed by atoms with Crippen molar-refractivity contribution in [1.82, 2.24) is 5.32 Å². The summed E-state index contributed by atoms with van der Waals surface area (Å²) in [5, 5.41) is 11.7. The zero-order chi connectivity index (χ0) is 14.9. The zero-order valence-corrected chi connectivity index (χ0v) is 12.1. The van der Waals surface area contributed by atoms with Gasteiger partial charge < -0.3 is 15.2 Å². The van der Waals surface area contributed by atoms with Gasteiger partial charge in [-0.2, -0.15) is 0 Å². The number of carbonyl (C=O) groups is 1. The topological polar surface area (TPSA) is 58.6 Å². The van der Waals surface area contributed by atoms with Crippen LogP contribution >= 0.6 is 0 Å². The summed E-state index contributed by atoms with van der Waals surface area (Å²) in [5.74, 6) is 6.21. The second-order valence-corrected chi connectivity index (χ2v) is 5.09. The first-order valence-electron chi connectivity index (χ1n) is 7.36. The van der Waals surface area contributed by atoms with Crippen LogP contribution in [0.1, 0.15) is 35.2 Å². The molecule has 4 nitrogen and oxygen atoms in total. The van der Waals surface area contributed by atoms with Crippen molar-refractivity contribution in [3.8, 4) is 11.8 Å². The molecule has 1 amide bonds. The molecule has 1 fully saturated rings. The van der Waals surface area contributed by atoms with Gasteiger partial charge in [0.1, 0.15) is 0 Å². The molecule has 1 aliphatic heterocycles. The van der Waals surface area contributed by atoms with Gasteiger partial charge in [0.25, 0.3) is 5.91 Å². The number of aliphatic hydroxyl groups excluding tert-OH is 1. The van der Waals surface area contributed by atoms with E-state index in [1.165, 1.54) is 0 Å². The summed E-state index contributed by atoms with van der Waals surface area (Å²) in [4.78, 5) is 12.3. The molecule has 1 heterocycles. The van der Waals surface area contributed by atoms with Gasteiger partial charge in [-0.05, 0) is 30.9 Å². The predicted octanol–water partition coefficient (Wildman–Crippen LogP) is 1.58. The van der Waals surface area contributed by atoms with Crippen molar-refractivity contribution in [3.63, 3.8) is 0 Å². The lowest BCUT2D eigenvalue weighted by atomic mass is 10.00. The Hall–Kier alpha value is -1.83. The van der Waals surface area contributed by atoms with Crippen LogP contribution in [0, 0.1) is 17.8 Å². The maximum absolute atomic E-state index is 12.3. The summed E-state index contributed by atoms with van der Waals surface area (Å²) in [6.45, 7) is 2.28. The lowest BCUT2D eigenvalue weighted by Gasteiger charge is -2.22. The van der Waals surface area contributed by atoms with E-state index in [4.69, 9.17) is 9.84 Å². The Morgan fingerprint density at radius 3 is 2.86 bits per heavy atom. The summed E-state index contributed by atoms with van der Waals surface area (Å²) in [5.41, 5.74) is 1.30. The molecule has 21 heavy (non-hydrogen) atoms. The summed E-state index contributed by atoms with van der Waals surface area (Å²) in [6.07, 6.45) is 2.41. The van der Waals surface area contributed by atoms with Crippen molar-refractivity contribution >= 4 is 5.91 Å². The molecule has 0 atom stereocenters. The van der Waals surface area contributed by atoms with E-state index in [2.05, 4.69) is 17.2 Å². The summed E-state index contributed by atoms with van der Waals surface area (Å²) >= 11 is 0. The average Bonchev–Trinajstić information content (AvgIpc) is 2.54. The Bertz CT molecular complexity index is 524. The van der Waals surface area contributed by atoms with Gasteiger partial charge in [-0.3, -0.25) is 4.79 Å². The summed E-state index contributed by atoms with van der Waals surface area (Å²) in [6, 6.07) is 7.30. The first kappa shape index (κ1) is 15.6. The monoisotopic (exact) mass is 287 g/mol. The van der Waals surface area contributed by atoms with Crippen molar-refractivity contribution in [2.75, 3.05) is 26.4 Å². The number of carbonyl (C=O) groups excluding carboxylic acids is 1. The Morgan fingerprint density at radius 2 is 2.10 bits per heavy atom. The fourth-order valence-corrected chi connectivity index (χ4v) is 2.29. The van der Waals surface area contributed by atoms with Crippen LogP contribution in [0.3, 0.4) is 0 Å². The molecule has 4 heteroatoms. The van der Waals surface area contributed by atoms with Crippen molar-refractivity contribution in [3.05, 3.63) is 35.4 Å². The number of aliphatic hydroxyl groups is 1. The van der Waals surface area contributed by atoms with Gasteiger partial charge in [0.2, 0.25) is 0 Å². The minimum atomic E-state index is -0.0876. The maximum Gasteiger partial charge on any atom is 0.252 e. The molecule has 0 aliphatic carbocycles. The third-order valence-corrected chi connectivity index (χ3v) is 3.52. The van der Waals surface area contributed by atoms with Crippen molar-refractivity contribution < 1.29 is 14.6 Å². The number of amides is 1. The van der Waals surface area contributed by atoms with E-state index < -0.39 is 0 Å². The number of hydrogen-bond donors (Lipinski definition) is 2. The van der Waals surface area contributed by atoms with E-state index in [1.54, 1.807) is 6.07 Å². The third kappa shape index (κ3) is 4.89. The molecule has 0 radical (unpaired) electrons. The van der Waals surface area contributed by atoms with E-state index in [9.17, 15) is 4.79 Å². The van der Waals surface area contributed by atoms with Crippen molar-refractivity contribution in [2.24, 2.45) is 5.92 Å². The Labute approximate surface area is 125 Å².